The average Bonchev–Trinajstić information content (AvgIpc) is 2.53. The van der Waals surface area contributed by atoms with Crippen LogP contribution in [0.25, 0.3) is 10.9 Å². The fraction of sp³-hybridized carbons (Fsp3) is 0.471. The Morgan fingerprint density at radius 3 is 2.25 bits per heavy atom. The molecule has 2 heterocycles. The van der Waals surface area contributed by atoms with E-state index in [-0.39, 0.29) is 12.4 Å². The Bertz CT molecular complexity index is 695. The van der Waals surface area contributed by atoms with Gasteiger partial charge in [0.15, 0.2) is 0 Å². The first-order valence-corrected chi connectivity index (χ1v) is 7.81. The van der Waals surface area contributed by atoms with Gasteiger partial charge in [-0.15, -0.1) is 12.4 Å². The minimum absolute atomic E-state index is 0. The molecule has 7 heteroatoms. The summed E-state index contributed by atoms with van der Waals surface area (Å²) in [6, 6.07) is 7.77. The summed E-state index contributed by atoms with van der Waals surface area (Å²) >= 11 is 0. The topological polar surface area (TPSA) is 19.4 Å². The van der Waals surface area contributed by atoms with E-state index in [4.69, 9.17) is 0 Å². The van der Waals surface area contributed by atoms with Crippen LogP contribution in [0.5, 0.6) is 0 Å². The molecule has 3 nitrogen and oxygen atoms in total. The zero-order valence-corrected chi connectivity index (χ0v) is 14.5. The third-order valence-corrected chi connectivity index (χ3v) is 4.37. The SMILES string of the molecule is CC(C)N1CCN(c2ccc3cc(C(F)(F)F)ccc3n2)CC1.Cl. The summed E-state index contributed by atoms with van der Waals surface area (Å²) in [5.41, 5.74) is -0.0353. The second-order valence-electron chi connectivity index (χ2n) is 6.19. The Hall–Kier alpha value is -1.53. The van der Waals surface area contributed by atoms with Crippen LogP contribution in [0.4, 0.5) is 19.0 Å². The van der Waals surface area contributed by atoms with Gasteiger partial charge in [0, 0.05) is 37.6 Å². The number of fused-ring (bicyclic) bond motifs is 1. The third kappa shape index (κ3) is 3.92. The molecule has 1 aliphatic heterocycles. The molecule has 0 atom stereocenters. The fourth-order valence-electron chi connectivity index (χ4n) is 2.93. The summed E-state index contributed by atoms with van der Waals surface area (Å²) in [6.45, 7) is 8.09. The summed E-state index contributed by atoms with van der Waals surface area (Å²) in [5, 5.41) is 0.518. The number of pyridine rings is 1. The quantitative estimate of drug-likeness (QED) is 0.801. The van der Waals surface area contributed by atoms with Gasteiger partial charge < -0.3 is 4.90 Å². The van der Waals surface area contributed by atoms with Gasteiger partial charge in [0.05, 0.1) is 11.1 Å². The van der Waals surface area contributed by atoms with Crippen LogP contribution in [0, 0.1) is 0 Å². The van der Waals surface area contributed by atoms with E-state index in [1.807, 2.05) is 6.07 Å². The number of hydrogen-bond donors (Lipinski definition) is 0. The third-order valence-electron chi connectivity index (χ3n) is 4.37. The van der Waals surface area contributed by atoms with Gasteiger partial charge in [0.1, 0.15) is 5.82 Å². The molecule has 3 rings (SSSR count). The van der Waals surface area contributed by atoms with E-state index in [0.717, 1.165) is 44.1 Å². The Morgan fingerprint density at radius 2 is 1.67 bits per heavy atom. The first-order valence-electron chi connectivity index (χ1n) is 7.81. The molecular weight excluding hydrogens is 339 g/mol. The molecule has 2 aromatic rings. The molecule has 1 saturated heterocycles. The van der Waals surface area contributed by atoms with E-state index in [1.54, 1.807) is 6.07 Å². The Morgan fingerprint density at radius 1 is 1.00 bits per heavy atom. The molecule has 1 aromatic carbocycles. The van der Waals surface area contributed by atoms with Gasteiger partial charge in [-0.2, -0.15) is 13.2 Å². The molecule has 0 N–H and O–H groups in total. The largest absolute Gasteiger partial charge is 0.416 e. The number of halogens is 4. The van der Waals surface area contributed by atoms with Crippen LogP contribution in [-0.4, -0.2) is 42.1 Å². The molecule has 0 bridgehead atoms. The van der Waals surface area contributed by atoms with Crippen LogP contribution in [-0.2, 0) is 6.18 Å². The van der Waals surface area contributed by atoms with Crippen molar-refractivity contribution in [3.63, 3.8) is 0 Å². The summed E-state index contributed by atoms with van der Waals surface area (Å²) in [5.74, 6) is 0.834. The van der Waals surface area contributed by atoms with Crippen molar-refractivity contribution in [2.75, 3.05) is 31.1 Å². The van der Waals surface area contributed by atoms with Gasteiger partial charge in [-0.25, -0.2) is 4.98 Å². The van der Waals surface area contributed by atoms with Crippen molar-refractivity contribution in [1.29, 1.82) is 0 Å². The second kappa shape index (κ2) is 7.15. The van der Waals surface area contributed by atoms with Crippen LogP contribution in [0.2, 0.25) is 0 Å². The van der Waals surface area contributed by atoms with Crippen molar-refractivity contribution >= 4 is 29.1 Å². The highest BCUT2D eigenvalue weighted by Gasteiger charge is 2.30. The highest BCUT2D eigenvalue weighted by Crippen LogP contribution is 2.31. The number of anilines is 1. The molecule has 1 fully saturated rings. The predicted octanol–water partition coefficient (Wildman–Crippen LogP) is 4.21. The lowest BCUT2D eigenvalue weighted by atomic mass is 10.1. The molecule has 0 saturated carbocycles. The number of piperazine rings is 1. The molecule has 0 spiro atoms. The first-order chi connectivity index (χ1) is 10.8. The van der Waals surface area contributed by atoms with E-state index in [0.29, 0.717) is 16.9 Å². The highest BCUT2D eigenvalue weighted by molar-refractivity contribution is 5.85. The van der Waals surface area contributed by atoms with Crippen molar-refractivity contribution in [3.05, 3.63) is 35.9 Å². The van der Waals surface area contributed by atoms with Gasteiger partial charge >= 0.3 is 6.18 Å². The number of aromatic nitrogens is 1. The molecule has 0 radical (unpaired) electrons. The smallest absolute Gasteiger partial charge is 0.354 e. The Labute approximate surface area is 145 Å². The minimum atomic E-state index is -4.32. The minimum Gasteiger partial charge on any atom is -0.354 e. The Kier molecular flexibility index (Phi) is 5.60. The number of benzene rings is 1. The number of alkyl halides is 3. The summed E-state index contributed by atoms with van der Waals surface area (Å²) in [7, 11) is 0. The zero-order chi connectivity index (χ0) is 16.6. The number of rotatable bonds is 2. The van der Waals surface area contributed by atoms with Gasteiger partial charge in [-0.3, -0.25) is 4.90 Å². The second-order valence-corrected chi connectivity index (χ2v) is 6.19. The monoisotopic (exact) mass is 359 g/mol. The van der Waals surface area contributed by atoms with Gasteiger partial charge in [-0.05, 0) is 44.2 Å². The molecule has 0 amide bonds. The molecule has 24 heavy (non-hydrogen) atoms. The van der Waals surface area contributed by atoms with E-state index < -0.39 is 11.7 Å². The van der Waals surface area contributed by atoms with Gasteiger partial charge in [0.25, 0.3) is 0 Å². The van der Waals surface area contributed by atoms with Crippen LogP contribution in [0.15, 0.2) is 30.3 Å². The van der Waals surface area contributed by atoms with E-state index >= 15 is 0 Å². The lowest BCUT2D eigenvalue weighted by molar-refractivity contribution is -0.137. The first kappa shape index (κ1) is 18.8. The number of nitrogens with zero attached hydrogens (tertiary/aromatic N) is 3. The predicted molar refractivity (Wildman–Crippen MR) is 92.9 cm³/mol. The number of hydrogen-bond acceptors (Lipinski definition) is 3. The summed E-state index contributed by atoms with van der Waals surface area (Å²) < 4.78 is 38.3. The maximum absolute atomic E-state index is 12.8. The molecule has 0 aliphatic carbocycles. The molecule has 0 unspecified atom stereocenters. The Balaban J connectivity index is 0.00000208. The van der Waals surface area contributed by atoms with Gasteiger partial charge in [-0.1, -0.05) is 0 Å². The molecular formula is C17H21ClF3N3. The van der Waals surface area contributed by atoms with E-state index in [9.17, 15) is 13.2 Å². The average molecular weight is 360 g/mol. The van der Waals surface area contributed by atoms with E-state index in [2.05, 4.69) is 28.6 Å². The highest BCUT2D eigenvalue weighted by atomic mass is 35.5. The van der Waals surface area contributed by atoms with Crippen molar-refractivity contribution in [1.82, 2.24) is 9.88 Å². The normalized spacial score (nSPS) is 16.5. The lowest BCUT2D eigenvalue weighted by Gasteiger charge is -2.37. The van der Waals surface area contributed by atoms with E-state index in [1.165, 1.54) is 6.07 Å². The maximum Gasteiger partial charge on any atom is 0.416 e. The van der Waals surface area contributed by atoms with Crippen molar-refractivity contribution in [3.8, 4) is 0 Å². The lowest BCUT2D eigenvalue weighted by Crippen LogP contribution is -2.49. The standard InChI is InChI=1S/C17H20F3N3.ClH/c1-12(2)22-7-9-23(10-8-22)16-6-3-13-11-14(17(18,19)20)4-5-15(13)21-16;/h3-6,11-12H,7-10H2,1-2H3;1H. The fourth-order valence-corrected chi connectivity index (χ4v) is 2.93. The maximum atomic E-state index is 12.8. The molecule has 132 valence electrons. The van der Waals surface area contributed by atoms with Crippen molar-refractivity contribution in [2.24, 2.45) is 0 Å². The molecule has 1 aliphatic rings. The van der Waals surface area contributed by atoms with Crippen molar-refractivity contribution in [2.45, 2.75) is 26.1 Å². The van der Waals surface area contributed by atoms with Crippen LogP contribution >= 0.6 is 12.4 Å². The molecule has 1 aromatic heterocycles. The van der Waals surface area contributed by atoms with Crippen LogP contribution in [0.3, 0.4) is 0 Å². The van der Waals surface area contributed by atoms with Crippen LogP contribution < -0.4 is 4.90 Å². The van der Waals surface area contributed by atoms with Gasteiger partial charge in [0.2, 0.25) is 0 Å². The zero-order valence-electron chi connectivity index (χ0n) is 13.7. The van der Waals surface area contributed by atoms with Crippen LogP contribution in [0.1, 0.15) is 19.4 Å². The summed E-state index contributed by atoms with van der Waals surface area (Å²) in [6.07, 6.45) is -4.32. The van der Waals surface area contributed by atoms with Crippen molar-refractivity contribution < 1.29 is 13.2 Å². The summed E-state index contributed by atoms with van der Waals surface area (Å²) in [4.78, 5) is 9.13.